The second-order valence-corrected chi connectivity index (χ2v) is 14.0. The lowest BCUT2D eigenvalue weighted by Crippen LogP contribution is -2.60. The maximum atomic E-state index is 13.6. The fourth-order valence-corrected chi connectivity index (χ4v) is 6.95. The van der Waals surface area contributed by atoms with Crippen LogP contribution in [0.15, 0.2) is 24.3 Å². The maximum Gasteiger partial charge on any atom is 0.311 e. The Balaban J connectivity index is 2.01. The van der Waals surface area contributed by atoms with Crippen LogP contribution >= 0.6 is 0 Å². The molecule has 0 unspecified atom stereocenters. The molecule has 0 radical (unpaired) electrons. The van der Waals surface area contributed by atoms with Crippen LogP contribution in [0.5, 0.6) is 5.75 Å². The van der Waals surface area contributed by atoms with Gasteiger partial charge in [0.25, 0.3) is 0 Å². The largest absolute Gasteiger partial charge is 0.483 e. The zero-order chi connectivity index (χ0) is 34.6. The van der Waals surface area contributed by atoms with Gasteiger partial charge in [-0.1, -0.05) is 20.8 Å². The Labute approximate surface area is 273 Å². The number of likely N-dealkylation sites (N-methyl/N-ethyl adjacent to an activating group) is 1. The van der Waals surface area contributed by atoms with E-state index in [1.165, 1.54) is 38.1 Å². The molecule has 0 saturated carbocycles. The van der Waals surface area contributed by atoms with Crippen molar-refractivity contribution < 1.29 is 48.6 Å². The molecule has 0 spiro atoms. The normalized spacial score (nSPS) is 43.7. The van der Waals surface area contributed by atoms with Crippen LogP contribution < -0.4 is 15.4 Å². The van der Waals surface area contributed by atoms with Crippen molar-refractivity contribution in [1.82, 2.24) is 10.6 Å². The minimum atomic E-state index is -1.77. The number of esters is 1. The van der Waals surface area contributed by atoms with Crippen molar-refractivity contribution in [3.05, 3.63) is 30.1 Å². The maximum absolute atomic E-state index is 13.6. The zero-order valence-electron chi connectivity index (χ0n) is 28.8. The lowest BCUT2D eigenvalue weighted by Gasteiger charge is -2.46. The molecule has 2 aliphatic heterocycles. The fourth-order valence-electron chi connectivity index (χ4n) is 6.95. The van der Waals surface area contributed by atoms with Gasteiger partial charge in [0.2, 0.25) is 0 Å². The molecule has 2 saturated heterocycles. The predicted molar refractivity (Wildman–Crippen MR) is 170 cm³/mol. The molecule has 14 atom stereocenters. The van der Waals surface area contributed by atoms with Crippen LogP contribution in [0.1, 0.15) is 74.7 Å². The first kappa shape index (κ1) is 38.5. The Bertz CT molecular complexity index is 1110. The van der Waals surface area contributed by atoms with Gasteiger partial charge in [0, 0.05) is 12.0 Å². The molecule has 12 heteroatoms. The monoisotopic (exact) mass is 656 g/mol. The van der Waals surface area contributed by atoms with Crippen molar-refractivity contribution in [3.63, 3.8) is 0 Å². The molecular weight excluding hydrogens is 599 g/mol. The van der Waals surface area contributed by atoms with Crippen molar-refractivity contribution >= 4 is 5.97 Å². The highest BCUT2D eigenvalue weighted by molar-refractivity contribution is 5.73. The fraction of sp³-hybridized carbons (Fsp3) is 0.794. The highest BCUT2D eigenvalue weighted by Crippen LogP contribution is 2.36. The number of hydrogen-bond donors (Lipinski definition) is 6. The summed E-state index contributed by atoms with van der Waals surface area (Å²) in [6.07, 6.45) is -5.60. The standard InChI is InChI=1S/C34H57FN2O9/c1-10-26-34(8,42)29(39)22(6)37-17-18(2)16-33(7,41)30(20(4)27(38)21(5)31(40)45-26)46-32-28(25(36-9)15-19(3)43-32)44-24-13-11-23(35)12-14-24/h11-14,18-22,25-30,32,36-39,41-42H,10,15-17H2,1-9H3/t18-,19-,20+,21-,22-,25+,26-,27+,28-,29-,30-,32+,33-,34-/m1/s1. The van der Waals surface area contributed by atoms with Gasteiger partial charge in [-0.3, -0.25) is 4.79 Å². The third kappa shape index (κ3) is 9.16. The number of carbonyl (C=O) groups is 1. The topological polar surface area (TPSA) is 159 Å². The highest BCUT2D eigenvalue weighted by Gasteiger charge is 2.49. The Morgan fingerprint density at radius 1 is 1.09 bits per heavy atom. The van der Waals surface area contributed by atoms with Gasteiger partial charge in [0.1, 0.15) is 29.4 Å². The van der Waals surface area contributed by atoms with Gasteiger partial charge < -0.3 is 50.0 Å². The summed E-state index contributed by atoms with van der Waals surface area (Å²) in [7, 11) is 1.80. The number of nitrogens with one attached hydrogen (secondary N) is 2. The van der Waals surface area contributed by atoms with Crippen LogP contribution in [-0.2, 0) is 19.0 Å². The zero-order valence-corrected chi connectivity index (χ0v) is 28.8. The second-order valence-electron chi connectivity index (χ2n) is 14.0. The first-order chi connectivity index (χ1) is 21.4. The molecule has 11 nitrogen and oxygen atoms in total. The Morgan fingerprint density at radius 3 is 2.30 bits per heavy atom. The van der Waals surface area contributed by atoms with E-state index >= 15 is 0 Å². The van der Waals surface area contributed by atoms with Crippen LogP contribution in [0.3, 0.4) is 0 Å². The molecule has 0 bridgehead atoms. The number of benzene rings is 1. The van der Waals surface area contributed by atoms with E-state index in [1.54, 1.807) is 34.7 Å². The number of aliphatic hydroxyl groups excluding tert-OH is 2. The van der Waals surface area contributed by atoms with E-state index in [4.69, 9.17) is 18.9 Å². The summed E-state index contributed by atoms with van der Waals surface area (Å²) in [5.74, 6) is -2.77. The quantitative estimate of drug-likeness (QED) is 0.250. The summed E-state index contributed by atoms with van der Waals surface area (Å²) >= 11 is 0. The van der Waals surface area contributed by atoms with Crippen molar-refractivity contribution in [3.8, 4) is 5.75 Å². The average Bonchev–Trinajstić information content (AvgIpc) is 3.00. The van der Waals surface area contributed by atoms with Crippen molar-refractivity contribution in [2.75, 3.05) is 13.6 Å². The second kappa shape index (κ2) is 16.0. The average molecular weight is 657 g/mol. The van der Waals surface area contributed by atoms with E-state index in [0.29, 0.717) is 18.7 Å². The summed E-state index contributed by atoms with van der Waals surface area (Å²) in [6, 6.07) is 4.83. The summed E-state index contributed by atoms with van der Waals surface area (Å²) < 4.78 is 38.6. The molecule has 46 heavy (non-hydrogen) atoms. The Kier molecular flexibility index (Phi) is 13.4. The summed E-state index contributed by atoms with van der Waals surface area (Å²) in [5.41, 5.74) is -3.31. The predicted octanol–water partition coefficient (Wildman–Crippen LogP) is 2.52. The van der Waals surface area contributed by atoms with E-state index in [0.717, 1.165) is 0 Å². The van der Waals surface area contributed by atoms with Crippen molar-refractivity contribution in [1.29, 1.82) is 0 Å². The van der Waals surface area contributed by atoms with Gasteiger partial charge in [-0.05, 0) is 97.7 Å². The van der Waals surface area contributed by atoms with Gasteiger partial charge in [0.15, 0.2) is 12.4 Å². The number of cyclic esters (lactones) is 1. The Hall–Kier alpha value is -1.90. The molecule has 0 aliphatic carbocycles. The van der Waals surface area contributed by atoms with E-state index in [1.807, 2.05) is 13.8 Å². The molecule has 2 heterocycles. The van der Waals surface area contributed by atoms with Crippen molar-refractivity contribution in [2.24, 2.45) is 17.8 Å². The minimum Gasteiger partial charge on any atom is -0.483 e. The molecule has 0 aromatic heterocycles. The summed E-state index contributed by atoms with van der Waals surface area (Å²) in [6.45, 7) is 14.0. The summed E-state index contributed by atoms with van der Waals surface area (Å²) in [4.78, 5) is 13.4. The molecule has 6 N–H and O–H groups in total. The van der Waals surface area contributed by atoms with Crippen LogP contribution in [0.4, 0.5) is 4.39 Å². The molecule has 264 valence electrons. The first-order valence-corrected chi connectivity index (χ1v) is 16.6. The third-order valence-electron chi connectivity index (χ3n) is 9.77. The SMILES string of the molecule is CC[C@H]1OC(=O)[C@H](C)[C@@H](O)[C@H](C)[C@@H](O[C@@H]2O[C@H](C)C[C@H](NC)[C@H]2Oc2ccc(F)cc2)[C@](C)(O)C[C@@H](C)CN[C@H](C)[C@@H](O)[C@]1(C)O. The van der Waals surface area contributed by atoms with Crippen molar-refractivity contribution in [2.45, 2.75) is 141 Å². The van der Waals surface area contributed by atoms with E-state index in [2.05, 4.69) is 10.6 Å². The van der Waals surface area contributed by atoms with Gasteiger partial charge in [-0.25, -0.2) is 4.39 Å². The number of hydrogen-bond acceptors (Lipinski definition) is 11. The van der Waals surface area contributed by atoms with Crippen LogP contribution in [0.25, 0.3) is 0 Å². The van der Waals surface area contributed by atoms with Crippen LogP contribution in [-0.4, -0.2) is 106 Å². The molecular formula is C34H57FN2O9. The molecule has 1 aromatic rings. The van der Waals surface area contributed by atoms with E-state index < -0.39 is 77.7 Å². The van der Waals surface area contributed by atoms with E-state index in [9.17, 15) is 29.6 Å². The molecule has 0 amide bonds. The first-order valence-electron chi connectivity index (χ1n) is 16.6. The lowest BCUT2D eigenvalue weighted by molar-refractivity contribution is -0.290. The molecule has 2 aliphatic rings. The van der Waals surface area contributed by atoms with Gasteiger partial charge in [-0.2, -0.15) is 0 Å². The van der Waals surface area contributed by atoms with Crippen LogP contribution in [0.2, 0.25) is 0 Å². The van der Waals surface area contributed by atoms with Crippen LogP contribution in [0, 0.1) is 23.6 Å². The Morgan fingerprint density at radius 2 is 1.72 bits per heavy atom. The minimum absolute atomic E-state index is 0.144. The molecule has 1 aromatic carbocycles. The molecule has 2 fully saturated rings. The summed E-state index contributed by atoms with van der Waals surface area (Å²) in [5, 5.41) is 52.6. The number of ether oxygens (including phenoxy) is 4. The van der Waals surface area contributed by atoms with Gasteiger partial charge in [0.05, 0.1) is 35.9 Å². The number of carbonyl (C=O) groups excluding carboxylic acids is 1. The third-order valence-corrected chi connectivity index (χ3v) is 9.77. The lowest BCUT2D eigenvalue weighted by atomic mass is 9.78. The number of rotatable bonds is 6. The van der Waals surface area contributed by atoms with E-state index in [-0.39, 0.29) is 30.9 Å². The molecule has 3 rings (SSSR count). The van der Waals surface area contributed by atoms with Gasteiger partial charge >= 0.3 is 5.97 Å². The van der Waals surface area contributed by atoms with Gasteiger partial charge in [-0.15, -0.1) is 0 Å². The highest BCUT2D eigenvalue weighted by atomic mass is 19.1. The number of aliphatic hydroxyl groups is 4. The number of halogens is 1. The smallest absolute Gasteiger partial charge is 0.311 e.